The molecule has 1 heterocycles. The number of ether oxygens (including phenoxy) is 1. The van der Waals surface area contributed by atoms with Gasteiger partial charge in [0.05, 0.1) is 13.0 Å². The van der Waals surface area contributed by atoms with Crippen molar-refractivity contribution in [3.05, 3.63) is 65.0 Å². The number of nitrogens with one attached hydrogen (secondary N) is 1. The Hall–Kier alpha value is -2.95. The molecule has 2 N–H and O–H groups in total. The highest BCUT2D eigenvalue weighted by Gasteiger charge is 2.41. The highest BCUT2D eigenvalue weighted by Crippen LogP contribution is 2.58. The molecule has 0 amide bonds. The first-order valence-corrected chi connectivity index (χ1v) is 12.7. The van der Waals surface area contributed by atoms with Gasteiger partial charge in [0.25, 0.3) is 0 Å². The Morgan fingerprint density at radius 1 is 1.14 bits per heavy atom. The van der Waals surface area contributed by atoms with Crippen molar-refractivity contribution in [2.45, 2.75) is 31.5 Å². The minimum absolute atomic E-state index is 0.0217. The lowest BCUT2D eigenvalue weighted by Gasteiger charge is -2.26. The smallest absolute Gasteiger partial charge is 0.392 e. The molecule has 1 aromatic heterocycles. The van der Waals surface area contributed by atoms with E-state index >= 15 is 4.39 Å². The van der Waals surface area contributed by atoms with Crippen LogP contribution in [0.5, 0.6) is 5.75 Å². The van der Waals surface area contributed by atoms with Gasteiger partial charge in [-0.25, -0.2) is 14.3 Å². The zero-order valence-corrected chi connectivity index (χ0v) is 19.8. The molecule has 0 spiro atoms. The maximum Gasteiger partial charge on any atom is 0.392 e. The minimum atomic E-state index is -4.57. The van der Waals surface area contributed by atoms with Gasteiger partial charge >= 0.3 is 25.6 Å². The molecule has 0 aliphatic heterocycles. The summed E-state index contributed by atoms with van der Waals surface area (Å²) < 4.78 is 77.0. The number of esters is 1. The molecule has 7 nitrogen and oxygen atoms in total. The molecule has 0 radical (unpaired) electrons. The van der Waals surface area contributed by atoms with E-state index < -0.39 is 50.6 Å². The van der Waals surface area contributed by atoms with Crippen molar-refractivity contribution in [2.75, 3.05) is 6.61 Å². The molecule has 0 aliphatic rings. The number of alkyl halides is 4. The van der Waals surface area contributed by atoms with E-state index in [1.54, 1.807) is 18.2 Å². The summed E-state index contributed by atoms with van der Waals surface area (Å²) in [7, 11) is -4.57. The number of carboxylic acids is 1. The lowest BCUT2D eigenvalue weighted by molar-refractivity contribution is -0.160. The Kier molecular flexibility index (Phi) is 8.19. The molecule has 0 saturated carbocycles. The number of thiophene rings is 1. The van der Waals surface area contributed by atoms with Crippen molar-refractivity contribution in [1.82, 2.24) is 5.09 Å². The van der Waals surface area contributed by atoms with Gasteiger partial charge in [-0.05, 0) is 48.2 Å². The van der Waals surface area contributed by atoms with Gasteiger partial charge in [0, 0.05) is 4.70 Å². The van der Waals surface area contributed by atoms with Crippen molar-refractivity contribution in [3.63, 3.8) is 0 Å². The maximum atomic E-state index is 15.7. The van der Waals surface area contributed by atoms with Gasteiger partial charge in [-0.3, -0.25) is 9.36 Å². The van der Waals surface area contributed by atoms with Crippen LogP contribution in [0.3, 0.4) is 0 Å². The van der Waals surface area contributed by atoms with E-state index in [2.05, 4.69) is 9.82 Å². The second kappa shape index (κ2) is 10.8. The lowest BCUT2D eigenvalue weighted by atomic mass is 10.2. The Balaban J connectivity index is 1.86. The molecular weight excluding hydrogens is 513 g/mol. The molecule has 0 bridgehead atoms. The van der Waals surface area contributed by atoms with Gasteiger partial charge in [0.1, 0.15) is 16.7 Å². The molecule has 35 heavy (non-hydrogen) atoms. The van der Waals surface area contributed by atoms with Crippen LogP contribution in [0.2, 0.25) is 0 Å². The zero-order valence-electron chi connectivity index (χ0n) is 18.1. The van der Waals surface area contributed by atoms with Gasteiger partial charge in [-0.1, -0.05) is 24.3 Å². The van der Waals surface area contributed by atoms with Crippen molar-refractivity contribution in [3.8, 4) is 5.75 Å². The number of carbonyl (C=O) groups is 2. The number of halogens is 4. The van der Waals surface area contributed by atoms with Gasteiger partial charge in [-0.2, -0.15) is 13.2 Å². The van der Waals surface area contributed by atoms with E-state index in [-0.39, 0.29) is 16.2 Å². The first-order chi connectivity index (χ1) is 16.4. The molecular formula is C22H20F4NO6PS. The van der Waals surface area contributed by atoms with Gasteiger partial charge in [-0.15, -0.1) is 11.3 Å². The van der Waals surface area contributed by atoms with Crippen molar-refractivity contribution in [1.29, 1.82) is 0 Å². The fourth-order valence-corrected chi connectivity index (χ4v) is 5.79. The summed E-state index contributed by atoms with van der Waals surface area (Å²) in [5, 5.41) is 11.8. The third-order valence-electron chi connectivity index (χ3n) is 4.67. The molecule has 3 rings (SSSR count). The third kappa shape index (κ3) is 7.03. The number of carboxylic acid groups (broad SMARTS) is 1. The van der Waals surface area contributed by atoms with Crippen LogP contribution in [0.15, 0.2) is 54.6 Å². The predicted octanol–water partition coefficient (Wildman–Crippen LogP) is 6.31. The van der Waals surface area contributed by atoms with E-state index in [1.165, 1.54) is 36.4 Å². The predicted molar refractivity (Wildman–Crippen MR) is 122 cm³/mol. The number of benzene rings is 2. The van der Waals surface area contributed by atoms with Crippen molar-refractivity contribution in [2.24, 2.45) is 0 Å². The van der Waals surface area contributed by atoms with Gasteiger partial charge in [0.15, 0.2) is 0 Å². The molecule has 0 saturated heterocycles. The molecule has 3 atom stereocenters. The number of para-hydroxylation sites is 1. The second-order valence-corrected chi connectivity index (χ2v) is 10.6. The Labute approximate surface area is 201 Å². The standard InChI is InChI=1S/C22H20F4NO6PS/c1-13(21(30)32-10-9-22(24,25)26)27-34(31,33-16-5-3-2-4-6-16)19(23)14-7-8-17-15(11-14)12-18(35-17)20(28)29/h2-8,11-13,19H,9-10H2,1H3,(H,27,31)(H,28,29). The summed E-state index contributed by atoms with van der Waals surface area (Å²) in [6, 6.07) is 11.5. The Bertz CT molecular complexity index is 1250. The quantitative estimate of drug-likeness (QED) is 0.179. The van der Waals surface area contributed by atoms with Crippen LogP contribution in [0.4, 0.5) is 17.6 Å². The Morgan fingerprint density at radius 2 is 1.83 bits per heavy atom. The lowest BCUT2D eigenvalue weighted by Crippen LogP contribution is -2.36. The highest BCUT2D eigenvalue weighted by molar-refractivity contribution is 7.57. The first kappa shape index (κ1) is 26.7. The van der Waals surface area contributed by atoms with E-state index in [0.717, 1.165) is 18.3 Å². The van der Waals surface area contributed by atoms with Crippen LogP contribution in [-0.2, 0) is 14.1 Å². The van der Waals surface area contributed by atoms with Crippen LogP contribution in [-0.4, -0.2) is 35.9 Å². The van der Waals surface area contributed by atoms with Crippen molar-refractivity contribution >= 4 is 40.9 Å². The summed E-state index contributed by atoms with van der Waals surface area (Å²) >= 11 is 0.981. The summed E-state index contributed by atoms with van der Waals surface area (Å²) in [6.45, 7) is 0.211. The first-order valence-electron chi connectivity index (χ1n) is 10.1. The minimum Gasteiger partial charge on any atom is -0.477 e. The average molecular weight is 533 g/mol. The maximum absolute atomic E-state index is 15.7. The van der Waals surface area contributed by atoms with E-state index in [0.29, 0.717) is 10.1 Å². The average Bonchev–Trinajstić information content (AvgIpc) is 3.22. The summed E-state index contributed by atoms with van der Waals surface area (Å²) in [6.07, 6.45) is -5.90. The van der Waals surface area contributed by atoms with E-state index in [4.69, 9.17) is 4.52 Å². The van der Waals surface area contributed by atoms with Gasteiger partial charge < -0.3 is 14.4 Å². The number of rotatable bonds is 10. The summed E-state index contributed by atoms with van der Waals surface area (Å²) in [4.78, 5) is 23.4. The SMILES string of the molecule is CC(NP(=O)(Oc1ccccc1)C(F)c1ccc2sc(C(=O)O)cc2c1)C(=O)OCCC(F)(F)F. The second-order valence-electron chi connectivity index (χ2n) is 7.43. The monoisotopic (exact) mass is 533 g/mol. The molecule has 13 heteroatoms. The topological polar surface area (TPSA) is 102 Å². The Morgan fingerprint density at radius 3 is 2.46 bits per heavy atom. The number of hydrogen-bond acceptors (Lipinski definition) is 6. The fraction of sp³-hybridized carbons (Fsp3) is 0.273. The van der Waals surface area contributed by atoms with Crippen LogP contribution in [0.1, 0.15) is 34.5 Å². The van der Waals surface area contributed by atoms with Crippen LogP contribution in [0, 0.1) is 0 Å². The molecule has 3 unspecified atom stereocenters. The van der Waals surface area contributed by atoms with Crippen LogP contribution >= 0.6 is 18.9 Å². The van der Waals surface area contributed by atoms with E-state index in [9.17, 15) is 32.4 Å². The fourth-order valence-electron chi connectivity index (χ4n) is 3.00. The molecule has 188 valence electrons. The molecule has 3 aromatic rings. The van der Waals surface area contributed by atoms with Crippen LogP contribution < -0.4 is 9.61 Å². The molecule has 0 fully saturated rings. The number of aromatic carboxylic acids is 1. The van der Waals surface area contributed by atoms with Crippen molar-refractivity contribution < 1.29 is 46.1 Å². The molecule has 2 aromatic carbocycles. The number of hydrogen-bond donors (Lipinski definition) is 2. The highest BCUT2D eigenvalue weighted by atomic mass is 32.1. The molecule has 0 aliphatic carbocycles. The summed E-state index contributed by atoms with van der Waals surface area (Å²) in [5.41, 5.74) is -0.114. The van der Waals surface area contributed by atoms with E-state index in [1.807, 2.05) is 0 Å². The third-order valence-corrected chi connectivity index (χ3v) is 7.89. The summed E-state index contributed by atoms with van der Waals surface area (Å²) in [5.74, 6) is -4.61. The normalized spacial score (nSPS) is 15.2. The van der Waals surface area contributed by atoms with Gasteiger partial charge in [0.2, 0.25) is 5.91 Å². The van der Waals surface area contributed by atoms with Crippen LogP contribution in [0.25, 0.3) is 10.1 Å². The number of carbonyl (C=O) groups excluding carboxylic acids is 1. The number of fused-ring (bicyclic) bond motifs is 1. The largest absolute Gasteiger partial charge is 0.477 e. The zero-order chi connectivity index (χ0) is 25.8.